The van der Waals surface area contributed by atoms with Crippen LogP contribution in [0, 0.1) is 0 Å². The van der Waals surface area contributed by atoms with E-state index in [2.05, 4.69) is 16.9 Å². The summed E-state index contributed by atoms with van der Waals surface area (Å²) in [7, 11) is 1.59. The standard InChI is InChI=1S/C22H22N4O3/c1-3-11-26-18-14-25(13-15-7-9-23-10-8-15)21(27)19(18)20(24-22(26)28)16-5-4-6-17(12-16)29-2/h3-10,12,20H,1,11,13-14H2,2H3,(H,24,28). The van der Waals surface area contributed by atoms with Gasteiger partial charge in [0.2, 0.25) is 0 Å². The maximum absolute atomic E-state index is 13.4. The summed E-state index contributed by atoms with van der Waals surface area (Å²) in [5.74, 6) is 0.588. The van der Waals surface area contributed by atoms with Gasteiger partial charge in [-0.15, -0.1) is 6.58 Å². The number of aromatic nitrogens is 1. The Bertz CT molecular complexity index is 987. The molecule has 0 fully saturated rings. The lowest BCUT2D eigenvalue weighted by Gasteiger charge is -2.33. The molecule has 7 heteroatoms. The van der Waals surface area contributed by atoms with Crippen molar-refractivity contribution in [1.29, 1.82) is 0 Å². The molecule has 148 valence electrons. The van der Waals surface area contributed by atoms with E-state index in [1.807, 2.05) is 36.4 Å². The molecule has 1 N–H and O–H groups in total. The summed E-state index contributed by atoms with van der Waals surface area (Å²) in [5, 5.41) is 2.97. The second-order valence-corrected chi connectivity index (χ2v) is 6.94. The molecule has 0 spiro atoms. The van der Waals surface area contributed by atoms with Gasteiger partial charge in [0.15, 0.2) is 0 Å². The van der Waals surface area contributed by atoms with Crippen LogP contribution in [0.4, 0.5) is 4.79 Å². The lowest BCUT2D eigenvalue weighted by atomic mass is 9.95. The van der Waals surface area contributed by atoms with Crippen LogP contribution in [-0.2, 0) is 11.3 Å². The van der Waals surface area contributed by atoms with E-state index in [0.717, 1.165) is 16.8 Å². The van der Waals surface area contributed by atoms with E-state index in [1.54, 1.807) is 35.4 Å². The number of carbonyl (C=O) groups is 2. The number of nitrogens with one attached hydrogen (secondary N) is 1. The minimum Gasteiger partial charge on any atom is -0.497 e. The Labute approximate surface area is 169 Å². The van der Waals surface area contributed by atoms with Gasteiger partial charge in [-0.05, 0) is 35.4 Å². The van der Waals surface area contributed by atoms with Crippen molar-refractivity contribution < 1.29 is 14.3 Å². The van der Waals surface area contributed by atoms with Crippen molar-refractivity contribution in [3.05, 3.63) is 83.8 Å². The van der Waals surface area contributed by atoms with Crippen molar-refractivity contribution >= 4 is 11.9 Å². The van der Waals surface area contributed by atoms with Gasteiger partial charge in [-0.2, -0.15) is 0 Å². The van der Waals surface area contributed by atoms with Gasteiger partial charge in [-0.3, -0.25) is 14.7 Å². The summed E-state index contributed by atoms with van der Waals surface area (Å²) in [4.78, 5) is 33.5. The Morgan fingerprint density at radius 1 is 1.28 bits per heavy atom. The minimum absolute atomic E-state index is 0.0845. The fourth-order valence-electron chi connectivity index (χ4n) is 3.78. The molecule has 0 saturated heterocycles. The maximum Gasteiger partial charge on any atom is 0.322 e. The SMILES string of the molecule is C=CCN1C(=O)NC(c2cccc(OC)c2)C2=C1CN(Cc1ccncc1)C2=O. The van der Waals surface area contributed by atoms with Gasteiger partial charge < -0.3 is 15.0 Å². The van der Waals surface area contributed by atoms with Crippen LogP contribution < -0.4 is 10.1 Å². The summed E-state index contributed by atoms with van der Waals surface area (Å²) in [6, 6.07) is 10.4. The van der Waals surface area contributed by atoms with Crippen LogP contribution in [0.3, 0.4) is 0 Å². The lowest BCUT2D eigenvalue weighted by molar-refractivity contribution is -0.126. The molecule has 3 heterocycles. The normalized spacial score (nSPS) is 18.6. The second kappa shape index (κ2) is 7.79. The Hall–Kier alpha value is -3.61. The van der Waals surface area contributed by atoms with Crippen LogP contribution in [-0.4, -0.2) is 46.9 Å². The molecule has 1 atom stereocenters. The van der Waals surface area contributed by atoms with Crippen LogP contribution in [0.2, 0.25) is 0 Å². The van der Waals surface area contributed by atoms with E-state index >= 15 is 0 Å². The van der Waals surface area contributed by atoms with Gasteiger partial charge in [0, 0.05) is 25.5 Å². The Kier molecular flexibility index (Phi) is 5.03. The fraction of sp³-hybridized carbons (Fsp3) is 0.227. The molecule has 0 saturated carbocycles. The van der Waals surface area contributed by atoms with E-state index in [9.17, 15) is 9.59 Å². The minimum atomic E-state index is -0.524. The first kappa shape index (κ1) is 18.7. The molecule has 29 heavy (non-hydrogen) atoms. The van der Waals surface area contributed by atoms with E-state index in [0.29, 0.717) is 31.0 Å². The highest BCUT2D eigenvalue weighted by Crippen LogP contribution is 2.37. The highest BCUT2D eigenvalue weighted by molar-refractivity contribution is 6.01. The number of urea groups is 1. The maximum atomic E-state index is 13.4. The molecule has 1 aromatic carbocycles. The fourth-order valence-corrected chi connectivity index (χ4v) is 3.78. The van der Waals surface area contributed by atoms with Gasteiger partial charge in [-0.25, -0.2) is 4.79 Å². The predicted molar refractivity (Wildman–Crippen MR) is 108 cm³/mol. The number of rotatable bonds is 6. The van der Waals surface area contributed by atoms with Crippen molar-refractivity contribution in [2.45, 2.75) is 12.6 Å². The molecule has 1 unspecified atom stereocenters. The third-order valence-corrected chi connectivity index (χ3v) is 5.16. The number of nitrogens with zero attached hydrogens (tertiary/aromatic N) is 3. The number of hydrogen-bond donors (Lipinski definition) is 1. The molecular formula is C22H22N4O3. The lowest BCUT2D eigenvalue weighted by Crippen LogP contribution is -2.47. The first-order valence-corrected chi connectivity index (χ1v) is 9.36. The molecule has 1 aromatic heterocycles. The number of ether oxygens (including phenoxy) is 1. The summed E-state index contributed by atoms with van der Waals surface area (Å²) in [6.07, 6.45) is 5.07. The monoisotopic (exact) mass is 390 g/mol. The Balaban J connectivity index is 1.72. The molecule has 2 aromatic rings. The van der Waals surface area contributed by atoms with Gasteiger partial charge in [0.05, 0.1) is 31.0 Å². The highest BCUT2D eigenvalue weighted by atomic mass is 16.5. The molecule has 0 radical (unpaired) electrons. The first-order valence-electron chi connectivity index (χ1n) is 9.36. The molecule has 4 rings (SSSR count). The molecule has 2 aliphatic rings. The summed E-state index contributed by atoms with van der Waals surface area (Å²) in [5.41, 5.74) is 3.11. The zero-order valence-corrected chi connectivity index (χ0v) is 16.2. The van der Waals surface area contributed by atoms with Crippen molar-refractivity contribution in [3.63, 3.8) is 0 Å². The summed E-state index contributed by atoms with van der Waals surface area (Å²) >= 11 is 0. The van der Waals surface area contributed by atoms with Gasteiger partial charge >= 0.3 is 6.03 Å². The van der Waals surface area contributed by atoms with Crippen LogP contribution in [0.25, 0.3) is 0 Å². The topological polar surface area (TPSA) is 74.8 Å². The quantitative estimate of drug-likeness (QED) is 0.770. The average Bonchev–Trinajstić information content (AvgIpc) is 3.07. The molecule has 2 aliphatic heterocycles. The smallest absolute Gasteiger partial charge is 0.322 e. The number of pyridine rings is 1. The van der Waals surface area contributed by atoms with E-state index < -0.39 is 6.04 Å². The van der Waals surface area contributed by atoms with Crippen LogP contribution >= 0.6 is 0 Å². The molecule has 3 amide bonds. The largest absolute Gasteiger partial charge is 0.497 e. The Morgan fingerprint density at radius 2 is 2.07 bits per heavy atom. The predicted octanol–water partition coefficient (Wildman–Crippen LogP) is 2.64. The van der Waals surface area contributed by atoms with Crippen molar-refractivity contribution in [2.24, 2.45) is 0 Å². The molecule has 7 nitrogen and oxygen atoms in total. The number of hydrogen-bond acceptors (Lipinski definition) is 4. The zero-order valence-electron chi connectivity index (χ0n) is 16.2. The van der Waals surface area contributed by atoms with E-state index in [-0.39, 0.29) is 11.9 Å². The number of methoxy groups -OCH3 is 1. The third kappa shape index (κ3) is 3.47. The van der Waals surface area contributed by atoms with Crippen molar-refractivity contribution in [3.8, 4) is 5.75 Å². The second-order valence-electron chi connectivity index (χ2n) is 6.94. The van der Waals surface area contributed by atoms with Crippen LogP contribution in [0.15, 0.2) is 72.7 Å². The highest BCUT2D eigenvalue weighted by Gasteiger charge is 2.43. The van der Waals surface area contributed by atoms with E-state index in [4.69, 9.17) is 4.74 Å². The Morgan fingerprint density at radius 3 is 2.79 bits per heavy atom. The summed E-state index contributed by atoms with van der Waals surface area (Å²) < 4.78 is 5.32. The average molecular weight is 390 g/mol. The van der Waals surface area contributed by atoms with Gasteiger partial charge in [0.25, 0.3) is 5.91 Å². The van der Waals surface area contributed by atoms with E-state index in [1.165, 1.54) is 0 Å². The van der Waals surface area contributed by atoms with Crippen molar-refractivity contribution in [1.82, 2.24) is 20.1 Å². The number of benzene rings is 1. The number of amides is 3. The zero-order chi connectivity index (χ0) is 20.4. The van der Waals surface area contributed by atoms with Crippen LogP contribution in [0.1, 0.15) is 17.2 Å². The van der Waals surface area contributed by atoms with Crippen molar-refractivity contribution in [2.75, 3.05) is 20.2 Å². The molecule has 0 aliphatic carbocycles. The van der Waals surface area contributed by atoms with Crippen LogP contribution in [0.5, 0.6) is 5.75 Å². The molecular weight excluding hydrogens is 368 g/mol. The third-order valence-electron chi connectivity index (χ3n) is 5.16. The van der Waals surface area contributed by atoms with Gasteiger partial charge in [-0.1, -0.05) is 18.2 Å². The summed E-state index contributed by atoms with van der Waals surface area (Å²) in [6.45, 7) is 4.91. The number of carbonyl (C=O) groups excluding carboxylic acids is 2. The first-order chi connectivity index (χ1) is 14.1. The van der Waals surface area contributed by atoms with Gasteiger partial charge in [0.1, 0.15) is 5.75 Å². The molecule has 0 bridgehead atoms.